The summed E-state index contributed by atoms with van der Waals surface area (Å²) < 4.78 is 26.7. The summed E-state index contributed by atoms with van der Waals surface area (Å²) in [7, 11) is -3.37. The molecule has 2 heterocycles. The Hall–Kier alpha value is -1.44. The van der Waals surface area contributed by atoms with E-state index in [9.17, 15) is 13.2 Å². The maximum absolute atomic E-state index is 12.6. The van der Waals surface area contributed by atoms with Crippen LogP contribution >= 0.6 is 0 Å². The number of unbranched alkanes of at least 4 members (excludes halogenated alkanes) is 1. The lowest BCUT2D eigenvalue weighted by atomic mass is 10.0. The summed E-state index contributed by atoms with van der Waals surface area (Å²) in [5.74, 6) is 0.0887. The second kappa shape index (κ2) is 10.5. The van der Waals surface area contributed by atoms with Crippen molar-refractivity contribution in [1.29, 1.82) is 0 Å². The number of sulfonamides is 1. The van der Waals surface area contributed by atoms with Crippen molar-refractivity contribution in [1.82, 2.24) is 14.5 Å². The maximum atomic E-state index is 12.6. The van der Waals surface area contributed by atoms with Crippen LogP contribution < -0.4 is 5.32 Å². The van der Waals surface area contributed by atoms with E-state index in [4.69, 9.17) is 0 Å². The lowest BCUT2D eigenvalue weighted by Gasteiger charge is -2.32. The van der Waals surface area contributed by atoms with Crippen LogP contribution in [-0.2, 0) is 21.2 Å². The van der Waals surface area contributed by atoms with Gasteiger partial charge < -0.3 is 10.2 Å². The number of aryl methyl sites for hydroxylation is 1. The minimum atomic E-state index is -3.37. The van der Waals surface area contributed by atoms with Crippen LogP contribution in [-0.4, -0.2) is 62.3 Å². The van der Waals surface area contributed by atoms with Crippen molar-refractivity contribution in [3.05, 3.63) is 29.8 Å². The average Bonchev–Trinajstić information content (AvgIpc) is 3.28. The van der Waals surface area contributed by atoms with Gasteiger partial charge in [-0.25, -0.2) is 8.42 Å². The van der Waals surface area contributed by atoms with E-state index in [1.54, 1.807) is 16.4 Å². The molecule has 7 heteroatoms. The molecule has 3 rings (SSSR count). The van der Waals surface area contributed by atoms with E-state index in [1.807, 2.05) is 12.1 Å². The monoisotopic (exact) mass is 421 g/mol. The number of amides is 1. The van der Waals surface area contributed by atoms with Crippen molar-refractivity contribution in [3.8, 4) is 0 Å². The summed E-state index contributed by atoms with van der Waals surface area (Å²) in [5.41, 5.74) is 0.995. The van der Waals surface area contributed by atoms with Crippen molar-refractivity contribution in [2.45, 2.75) is 69.2 Å². The number of hydrogen-bond acceptors (Lipinski definition) is 4. The summed E-state index contributed by atoms with van der Waals surface area (Å²) >= 11 is 0. The molecule has 2 aliphatic rings. The minimum absolute atomic E-state index is 0.0887. The Labute approximate surface area is 175 Å². The molecule has 1 amide bonds. The van der Waals surface area contributed by atoms with E-state index in [1.165, 1.54) is 19.4 Å². The minimum Gasteiger partial charge on any atom is -0.353 e. The van der Waals surface area contributed by atoms with Crippen LogP contribution in [0.5, 0.6) is 0 Å². The third-order valence-electron chi connectivity index (χ3n) is 6.05. The van der Waals surface area contributed by atoms with Gasteiger partial charge in [-0.1, -0.05) is 25.5 Å². The molecule has 0 saturated carbocycles. The van der Waals surface area contributed by atoms with Gasteiger partial charge in [-0.15, -0.1) is 0 Å². The lowest BCUT2D eigenvalue weighted by Crippen LogP contribution is -2.44. The van der Waals surface area contributed by atoms with Gasteiger partial charge in [-0.3, -0.25) is 4.79 Å². The molecule has 0 spiro atoms. The van der Waals surface area contributed by atoms with E-state index in [2.05, 4.69) is 17.1 Å². The first-order valence-electron chi connectivity index (χ1n) is 11.1. The van der Waals surface area contributed by atoms with Crippen LogP contribution in [0.25, 0.3) is 0 Å². The maximum Gasteiger partial charge on any atom is 0.243 e. The third-order valence-corrected chi connectivity index (χ3v) is 7.96. The summed E-state index contributed by atoms with van der Waals surface area (Å²) in [6.07, 6.45) is 7.46. The van der Waals surface area contributed by atoms with Crippen LogP contribution in [0.1, 0.15) is 57.4 Å². The van der Waals surface area contributed by atoms with Crippen LogP contribution in [0, 0.1) is 0 Å². The van der Waals surface area contributed by atoms with Gasteiger partial charge in [0, 0.05) is 38.6 Å². The molecule has 0 unspecified atom stereocenters. The highest BCUT2D eigenvalue weighted by Crippen LogP contribution is 2.21. The molecule has 162 valence electrons. The summed E-state index contributed by atoms with van der Waals surface area (Å²) in [6.45, 7) is 6.74. The first-order chi connectivity index (χ1) is 14.0. The number of likely N-dealkylation sites (tertiary alicyclic amines) is 1. The number of hydrogen-bond donors (Lipinski definition) is 1. The molecular formula is C22H35N3O3S. The number of carbonyl (C=O) groups excluding carboxylic acids is 1. The SMILES string of the molecule is CCCCN1CCC(NC(=O)CCc2ccc(S(=O)(=O)N3CCCC3)cc2)CC1. The van der Waals surface area contributed by atoms with Crippen molar-refractivity contribution < 1.29 is 13.2 Å². The molecule has 1 aromatic rings. The summed E-state index contributed by atoms with van der Waals surface area (Å²) in [5, 5.41) is 3.17. The predicted molar refractivity (Wildman–Crippen MR) is 115 cm³/mol. The zero-order chi connectivity index (χ0) is 20.7. The molecule has 0 atom stereocenters. The van der Waals surface area contributed by atoms with Crippen molar-refractivity contribution in [2.75, 3.05) is 32.7 Å². The zero-order valence-electron chi connectivity index (χ0n) is 17.6. The van der Waals surface area contributed by atoms with E-state index in [0.29, 0.717) is 30.8 Å². The second-order valence-corrected chi connectivity index (χ2v) is 10.2. The van der Waals surface area contributed by atoms with Crippen LogP contribution in [0.15, 0.2) is 29.2 Å². The van der Waals surface area contributed by atoms with Gasteiger partial charge in [0.1, 0.15) is 0 Å². The number of nitrogens with one attached hydrogen (secondary N) is 1. The number of carbonyl (C=O) groups is 1. The number of benzene rings is 1. The quantitative estimate of drug-likeness (QED) is 0.666. The van der Waals surface area contributed by atoms with Gasteiger partial charge in [0.2, 0.25) is 15.9 Å². The molecule has 1 N–H and O–H groups in total. The van der Waals surface area contributed by atoms with Gasteiger partial charge >= 0.3 is 0 Å². The van der Waals surface area contributed by atoms with Gasteiger partial charge in [-0.05, 0) is 62.8 Å². The first-order valence-corrected chi connectivity index (χ1v) is 12.5. The highest BCUT2D eigenvalue weighted by Gasteiger charge is 2.27. The zero-order valence-corrected chi connectivity index (χ0v) is 18.4. The number of nitrogens with zero attached hydrogens (tertiary/aromatic N) is 2. The van der Waals surface area contributed by atoms with Crippen LogP contribution in [0.4, 0.5) is 0 Å². The smallest absolute Gasteiger partial charge is 0.243 e. The fraction of sp³-hybridized carbons (Fsp3) is 0.682. The molecule has 0 radical (unpaired) electrons. The molecule has 6 nitrogen and oxygen atoms in total. The van der Waals surface area contributed by atoms with Crippen LogP contribution in [0.2, 0.25) is 0 Å². The summed E-state index contributed by atoms with van der Waals surface area (Å²) in [4.78, 5) is 15.2. The van der Waals surface area contributed by atoms with E-state index < -0.39 is 10.0 Å². The molecule has 0 aliphatic carbocycles. The Morgan fingerprint density at radius 1 is 1.07 bits per heavy atom. The lowest BCUT2D eigenvalue weighted by molar-refractivity contribution is -0.122. The predicted octanol–water partition coefficient (Wildman–Crippen LogP) is 2.78. The Bertz CT molecular complexity index is 750. The number of piperidine rings is 1. The molecule has 2 fully saturated rings. The van der Waals surface area contributed by atoms with Gasteiger partial charge in [0.25, 0.3) is 0 Å². The van der Waals surface area contributed by atoms with E-state index in [0.717, 1.165) is 44.3 Å². The number of rotatable bonds is 9. The molecule has 0 bridgehead atoms. The molecule has 2 aliphatic heterocycles. The molecular weight excluding hydrogens is 386 g/mol. The van der Waals surface area contributed by atoms with Crippen molar-refractivity contribution >= 4 is 15.9 Å². The van der Waals surface area contributed by atoms with Crippen LogP contribution in [0.3, 0.4) is 0 Å². The summed E-state index contributed by atoms with van der Waals surface area (Å²) in [6, 6.07) is 7.30. The Kier molecular flexibility index (Phi) is 8.09. The third kappa shape index (κ3) is 6.27. The normalized spacial score (nSPS) is 19.5. The molecule has 1 aromatic carbocycles. The van der Waals surface area contributed by atoms with Crippen molar-refractivity contribution in [3.63, 3.8) is 0 Å². The largest absolute Gasteiger partial charge is 0.353 e. The Morgan fingerprint density at radius 2 is 1.72 bits per heavy atom. The first kappa shape index (κ1) is 22.2. The topological polar surface area (TPSA) is 69.7 Å². The van der Waals surface area contributed by atoms with Gasteiger partial charge in [-0.2, -0.15) is 4.31 Å². The van der Waals surface area contributed by atoms with Gasteiger partial charge in [0.15, 0.2) is 0 Å². The molecule has 29 heavy (non-hydrogen) atoms. The Morgan fingerprint density at radius 3 is 2.34 bits per heavy atom. The second-order valence-electron chi connectivity index (χ2n) is 8.29. The average molecular weight is 422 g/mol. The highest BCUT2D eigenvalue weighted by atomic mass is 32.2. The molecule has 0 aromatic heterocycles. The fourth-order valence-corrected chi connectivity index (χ4v) is 5.66. The standard InChI is InChI=1S/C22H35N3O3S/c1-2-3-14-24-17-12-20(13-18-24)23-22(26)11-8-19-6-9-21(10-7-19)29(27,28)25-15-4-5-16-25/h6-7,9-10,20H,2-5,8,11-18H2,1H3,(H,23,26). The van der Waals surface area contributed by atoms with Crippen molar-refractivity contribution in [2.24, 2.45) is 0 Å². The fourth-order valence-electron chi connectivity index (χ4n) is 4.15. The Balaban J connectivity index is 1.41. The molecule has 2 saturated heterocycles. The van der Waals surface area contributed by atoms with Gasteiger partial charge in [0.05, 0.1) is 4.90 Å². The van der Waals surface area contributed by atoms with E-state index >= 15 is 0 Å². The highest BCUT2D eigenvalue weighted by molar-refractivity contribution is 7.89. The van der Waals surface area contributed by atoms with E-state index in [-0.39, 0.29) is 11.9 Å².